The highest BCUT2D eigenvalue weighted by atomic mass is 16.3. The van der Waals surface area contributed by atoms with Crippen LogP contribution in [0.4, 0.5) is 5.69 Å². The summed E-state index contributed by atoms with van der Waals surface area (Å²) in [4.78, 5) is 23.3. The standard InChI is InChI=1S/C14H20N2O3/c1-9-5-6-11(7-10(9)2)15-12(18)13(19)16-14(3,4)8-17/h5-7,17H,8H2,1-4H3,(H,15,18)(H,16,19). The normalized spacial score (nSPS) is 11.0. The quantitative estimate of drug-likeness (QED) is 0.716. The number of nitrogens with one attached hydrogen (secondary N) is 2. The lowest BCUT2D eigenvalue weighted by atomic mass is 10.1. The van der Waals surface area contributed by atoms with E-state index in [1.54, 1.807) is 26.0 Å². The monoisotopic (exact) mass is 264 g/mol. The number of aliphatic hydroxyl groups is 1. The van der Waals surface area contributed by atoms with E-state index >= 15 is 0 Å². The van der Waals surface area contributed by atoms with Crippen molar-refractivity contribution in [3.05, 3.63) is 29.3 Å². The molecule has 5 heteroatoms. The summed E-state index contributed by atoms with van der Waals surface area (Å²) < 4.78 is 0. The molecule has 1 aromatic carbocycles. The molecule has 0 heterocycles. The third-order valence-electron chi connectivity index (χ3n) is 2.82. The Hall–Kier alpha value is -1.88. The molecular weight excluding hydrogens is 244 g/mol. The molecule has 0 atom stereocenters. The van der Waals surface area contributed by atoms with E-state index in [1.807, 2.05) is 19.9 Å². The molecule has 1 rings (SSSR count). The third-order valence-corrected chi connectivity index (χ3v) is 2.82. The zero-order chi connectivity index (χ0) is 14.6. The van der Waals surface area contributed by atoms with Gasteiger partial charge in [0.1, 0.15) is 0 Å². The van der Waals surface area contributed by atoms with Gasteiger partial charge in [-0.1, -0.05) is 6.07 Å². The van der Waals surface area contributed by atoms with E-state index in [9.17, 15) is 9.59 Å². The number of rotatable bonds is 3. The van der Waals surface area contributed by atoms with Gasteiger partial charge in [-0.3, -0.25) is 9.59 Å². The Bertz CT molecular complexity index is 495. The van der Waals surface area contributed by atoms with Gasteiger partial charge in [-0.2, -0.15) is 0 Å². The molecule has 0 spiro atoms. The Kier molecular flexibility index (Phi) is 4.67. The van der Waals surface area contributed by atoms with E-state index < -0.39 is 17.4 Å². The molecule has 1 aromatic rings. The number of anilines is 1. The van der Waals surface area contributed by atoms with E-state index in [4.69, 9.17) is 5.11 Å². The summed E-state index contributed by atoms with van der Waals surface area (Å²) in [7, 11) is 0. The predicted octanol–water partition coefficient (Wildman–Crippen LogP) is 1.13. The molecule has 19 heavy (non-hydrogen) atoms. The van der Waals surface area contributed by atoms with Gasteiger partial charge in [0.2, 0.25) is 0 Å². The minimum atomic E-state index is -0.822. The summed E-state index contributed by atoms with van der Waals surface area (Å²) in [5.74, 6) is -1.51. The highest BCUT2D eigenvalue weighted by Gasteiger charge is 2.23. The van der Waals surface area contributed by atoms with Crippen LogP contribution < -0.4 is 10.6 Å². The second-order valence-electron chi connectivity index (χ2n) is 5.25. The van der Waals surface area contributed by atoms with Gasteiger partial charge >= 0.3 is 11.8 Å². The molecule has 5 nitrogen and oxygen atoms in total. The minimum absolute atomic E-state index is 0.240. The number of hydrogen-bond donors (Lipinski definition) is 3. The minimum Gasteiger partial charge on any atom is -0.394 e. The zero-order valence-electron chi connectivity index (χ0n) is 11.7. The lowest BCUT2D eigenvalue weighted by molar-refractivity contribution is -0.137. The van der Waals surface area contributed by atoms with Gasteiger partial charge in [0.25, 0.3) is 0 Å². The fraction of sp³-hybridized carbons (Fsp3) is 0.429. The van der Waals surface area contributed by atoms with Crippen LogP contribution in [-0.4, -0.2) is 29.1 Å². The van der Waals surface area contributed by atoms with Crippen LogP contribution in [0.25, 0.3) is 0 Å². The molecule has 0 aromatic heterocycles. The first-order valence-electron chi connectivity index (χ1n) is 6.07. The topological polar surface area (TPSA) is 78.4 Å². The average molecular weight is 264 g/mol. The molecule has 0 aliphatic heterocycles. The van der Waals surface area contributed by atoms with Crippen molar-refractivity contribution < 1.29 is 14.7 Å². The number of hydrogen-bond acceptors (Lipinski definition) is 3. The molecular formula is C14H20N2O3. The van der Waals surface area contributed by atoms with E-state index in [1.165, 1.54) is 0 Å². The molecule has 3 N–H and O–H groups in total. The Morgan fingerprint density at radius 3 is 2.32 bits per heavy atom. The SMILES string of the molecule is Cc1ccc(NC(=O)C(=O)NC(C)(C)CO)cc1C. The van der Waals surface area contributed by atoms with Gasteiger partial charge in [0, 0.05) is 5.69 Å². The van der Waals surface area contributed by atoms with Crippen molar-refractivity contribution in [3.63, 3.8) is 0 Å². The molecule has 0 saturated carbocycles. The second kappa shape index (κ2) is 5.84. The average Bonchev–Trinajstić information content (AvgIpc) is 2.33. The van der Waals surface area contributed by atoms with Crippen molar-refractivity contribution >= 4 is 17.5 Å². The van der Waals surface area contributed by atoms with Crippen molar-refractivity contribution in [2.24, 2.45) is 0 Å². The second-order valence-corrected chi connectivity index (χ2v) is 5.25. The Labute approximate surface area is 113 Å². The number of aliphatic hydroxyl groups excluding tert-OH is 1. The summed E-state index contributed by atoms with van der Waals surface area (Å²) in [6.45, 7) is 6.93. The van der Waals surface area contributed by atoms with Crippen LogP contribution in [0, 0.1) is 13.8 Å². The van der Waals surface area contributed by atoms with Gasteiger partial charge in [-0.25, -0.2) is 0 Å². The van der Waals surface area contributed by atoms with Crippen LogP contribution in [0.2, 0.25) is 0 Å². The van der Waals surface area contributed by atoms with Gasteiger partial charge in [-0.05, 0) is 51.0 Å². The van der Waals surface area contributed by atoms with Gasteiger partial charge in [0.05, 0.1) is 12.1 Å². The molecule has 0 aliphatic carbocycles. The van der Waals surface area contributed by atoms with E-state index in [0.717, 1.165) is 11.1 Å². The Balaban J connectivity index is 2.69. The number of carbonyl (C=O) groups excluding carboxylic acids is 2. The fourth-order valence-electron chi connectivity index (χ4n) is 1.41. The van der Waals surface area contributed by atoms with Crippen LogP contribution in [0.3, 0.4) is 0 Å². The maximum absolute atomic E-state index is 11.7. The maximum Gasteiger partial charge on any atom is 0.313 e. The van der Waals surface area contributed by atoms with Crippen molar-refractivity contribution in [3.8, 4) is 0 Å². The van der Waals surface area contributed by atoms with Crippen LogP contribution in [-0.2, 0) is 9.59 Å². The first-order chi connectivity index (χ1) is 8.75. The largest absolute Gasteiger partial charge is 0.394 e. The van der Waals surface area contributed by atoms with Crippen molar-refractivity contribution in [2.45, 2.75) is 33.2 Å². The lowest BCUT2D eigenvalue weighted by Crippen LogP contribution is -2.50. The van der Waals surface area contributed by atoms with Crippen molar-refractivity contribution in [1.29, 1.82) is 0 Å². The van der Waals surface area contributed by atoms with E-state index in [2.05, 4.69) is 10.6 Å². The first kappa shape index (κ1) is 15.2. The molecule has 0 saturated heterocycles. The zero-order valence-corrected chi connectivity index (χ0v) is 11.7. The van der Waals surface area contributed by atoms with Gasteiger partial charge in [-0.15, -0.1) is 0 Å². The Morgan fingerprint density at radius 1 is 1.16 bits per heavy atom. The lowest BCUT2D eigenvalue weighted by Gasteiger charge is -2.22. The smallest absolute Gasteiger partial charge is 0.313 e. The molecule has 2 amide bonds. The number of benzene rings is 1. The highest BCUT2D eigenvalue weighted by molar-refractivity contribution is 6.39. The number of aryl methyl sites for hydroxylation is 2. The van der Waals surface area contributed by atoms with Crippen LogP contribution in [0.1, 0.15) is 25.0 Å². The van der Waals surface area contributed by atoms with Crippen molar-refractivity contribution in [1.82, 2.24) is 5.32 Å². The molecule has 0 unspecified atom stereocenters. The summed E-state index contributed by atoms with van der Waals surface area (Å²) in [6, 6.07) is 5.42. The van der Waals surface area contributed by atoms with E-state index in [0.29, 0.717) is 5.69 Å². The van der Waals surface area contributed by atoms with Crippen LogP contribution in [0.15, 0.2) is 18.2 Å². The van der Waals surface area contributed by atoms with Gasteiger partial charge in [0.15, 0.2) is 0 Å². The first-order valence-corrected chi connectivity index (χ1v) is 6.07. The summed E-state index contributed by atoms with van der Waals surface area (Å²) in [5, 5.41) is 14.0. The summed E-state index contributed by atoms with van der Waals surface area (Å²) >= 11 is 0. The van der Waals surface area contributed by atoms with Crippen LogP contribution >= 0.6 is 0 Å². The summed E-state index contributed by atoms with van der Waals surface area (Å²) in [5.41, 5.74) is 1.90. The summed E-state index contributed by atoms with van der Waals surface area (Å²) in [6.07, 6.45) is 0. The molecule has 0 fully saturated rings. The van der Waals surface area contributed by atoms with Gasteiger partial charge < -0.3 is 15.7 Å². The molecule has 104 valence electrons. The Morgan fingerprint density at radius 2 is 1.79 bits per heavy atom. The van der Waals surface area contributed by atoms with Crippen LogP contribution in [0.5, 0.6) is 0 Å². The van der Waals surface area contributed by atoms with Crippen molar-refractivity contribution in [2.75, 3.05) is 11.9 Å². The number of carbonyl (C=O) groups is 2. The third kappa shape index (κ3) is 4.37. The number of amides is 2. The molecule has 0 bridgehead atoms. The predicted molar refractivity (Wildman–Crippen MR) is 73.9 cm³/mol. The molecule has 0 aliphatic rings. The van der Waals surface area contributed by atoms with E-state index in [-0.39, 0.29) is 6.61 Å². The molecule has 0 radical (unpaired) electrons. The highest BCUT2D eigenvalue weighted by Crippen LogP contribution is 2.14. The maximum atomic E-state index is 11.7. The fourth-order valence-corrected chi connectivity index (χ4v) is 1.41.